The predicted molar refractivity (Wildman–Crippen MR) is 80.2 cm³/mol. The van der Waals surface area contributed by atoms with E-state index in [9.17, 15) is 4.79 Å². The molecule has 0 aliphatic heterocycles. The molecule has 1 amide bonds. The molecule has 0 radical (unpaired) electrons. The molecule has 2 aromatic rings. The fourth-order valence-corrected chi connectivity index (χ4v) is 2.21. The number of anilines is 2. The summed E-state index contributed by atoms with van der Waals surface area (Å²) in [7, 11) is 0. The van der Waals surface area contributed by atoms with Crippen LogP contribution < -0.4 is 11.1 Å². The number of aryl methyl sites for hydroxylation is 1. The Morgan fingerprint density at radius 1 is 1.32 bits per heavy atom. The van der Waals surface area contributed by atoms with E-state index in [1.807, 2.05) is 26.0 Å². The minimum Gasteiger partial charge on any atom is -0.398 e. The Morgan fingerprint density at radius 3 is 2.74 bits per heavy atom. The van der Waals surface area contributed by atoms with Crippen LogP contribution in [0.5, 0.6) is 0 Å². The van der Waals surface area contributed by atoms with Crippen LogP contribution in [0.4, 0.5) is 11.5 Å². The number of nitrogens with one attached hydrogen (secondary N) is 1. The van der Waals surface area contributed by atoms with Crippen LogP contribution in [0.2, 0.25) is 0 Å². The summed E-state index contributed by atoms with van der Waals surface area (Å²) in [5.41, 5.74) is 8.58. The van der Waals surface area contributed by atoms with Crippen LogP contribution in [0, 0.1) is 13.8 Å². The molecule has 0 saturated carbocycles. The normalized spacial score (nSPS) is 10.3. The van der Waals surface area contributed by atoms with Gasteiger partial charge in [-0.2, -0.15) is 0 Å². The fourth-order valence-electron chi connectivity index (χ4n) is 1.73. The highest BCUT2D eigenvalue weighted by atomic mass is 79.9. The molecule has 2 rings (SSSR count). The van der Waals surface area contributed by atoms with Gasteiger partial charge in [0.2, 0.25) is 0 Å². The molecule has 0 saturated heterocycles. The zero-order valence-corrected chi connectivity index (χ0v) is 12.3. The third kappa shape index (κ3) is 3.12. The summed E-state index contributed by atoms with van der Waals surface area (Å²) in [6.45, 7) is 3.69. The molecular formula is C14H14BrN3O. The van der Waals surface area contributed by atoms with E-state index in [1.54, 1.807) is 18.2 Å². The molecule has 1 aromatic carbocycles. The molecule has 0 aliphatic rings. The number of nitrogens with two attached hydrogens (primary N) is 1. The topological polar surface area (TPSA) is 68.0 Å². The van der Waals surface area contributed by atoms with Crippen LogP contribution in [-0.2, 0) is 0 Å². The molecule has 1 aromatic heterocycles. The molecule has 3 N–H and O–H groups in total. The van der Waals surface area contributed by atoms with Gasteiger partial charge in [-0.1, -0.05) is 22.0 Å². The van der Waals surface area contributed by atoms with E-state index in [1.165, 1.54) is 0 Å². The molecule has 19 heavy (non-hydrogen) atoms. The highest BCUT2D eigenvalue weighted by Crippen LogP contribution is 2.23. The highest BCUT2D eigenvalue weighted by Gasteiger charge is 2.13. The minimum absolute atomic E-state index is 0.219. The molecule has 98 valence electrons. The Labute approximate surface area is 120 Å². The second kappa shape index (κ2) is 5.40. The first kappa shape index (κ1) is 13.5. The number of nitrogens with zero attached hydrogens (tertiary/aromatic N) is 1. The van der Waals surface area contributed by atoms with Crippen LogP contribution >= 0.6 is 15.9 Å². The van der Waals surface area contributed by atoms with Crippen molar-refractivity contribution in [3.05, 3.63) is 51.6 Å². The van der Waals surface area contributed by atoms with E-state index in [0.717, 1.165) is 15.7 Å². The first-order chi connectivity index (χ1) is 8.97. The Bertz CT molecular complexity index is 641. The third-order valence-corrected chi connectivity index (χ3v) is 3.25. The van der Waals surface area contributed by atoms with Crippen molar-refractivity contribution in [3.63, 3.8) is 0 Å². The third-order valence-electron chi connectivity index (χ3n) is 2.79. The smallest absolute Gasteiger partial charge is 0.257 e. The van der Waals surface area contributed by atoms with Crippen molar-refractivity contribution in [3.8, 4) is 0 Å². The van der Waals surface area contributed by atoms with Gasteiger partial charge in [-0.15, -0.1) is 0 Å². The van der Waals surface area contributed by atoms with Crippen LogP contribution in [0.3, 0.4) is 0 Å². The summed E-state index contributed by atoms with van der Waals surface area (Å²) < 4.78 is 0.776. The zero-order chi connectivity index (χ0) is 14.0. The molecule has 0 fully saturated rings. The zero-order valence-electron chi connectivity index (χ0n) is 10.7. The number of halogens is 1. The monoisotopic (exact) mass is 319 g/mol. The Balaban J connectivity index is 2.30. The van der Waals surface area contributed by atoms with E-state index in [0.29, 0.717) is 17.1 Å². The number of aromatic nitrogens is 1. The van der Waals surface area contributed by atoms with Gasteiger partial charge >= 0.3 is 0 Å². The highest BCUT2D eigenvalue weighted by molar-refractivity contribution is 9.10. The Kier molecular flexibility index (Phi) is 3.85. The summed E-state index contributed by atoms with van der Waals surface area (Å²) in [5, 5.41) is 2.77. The quantitative estimate of drug-likeness (QED) is 0.834. The molecular weight excluding hydrogens is 306 g/mol. The maximum atomic E-state index is 12.2. The van der Waals surface area contributed by atoms with Crippen molar-refractivity contribution in [2.75, 3.05) is 11.1 Å². The second-order valence-electron chi connectivity index (χ2n) is 4.29. The van der Waals surface area contributed by atoms with Crippen molar-refractivity contribution in [2.24, 2.45) is 0 Å². The standard InChI is InChI=1S/C14H14BrN3O/c1-8-4-3-5-13(17-8)18-14(19)11-6-10(15)7-12(16)9(11)2/h3-7H,16H2,1-2H3,(H,17,18,19). The van der Waals surface area contributed by atoms with Crippen LogP contribution in [-0.4, -0.2) is 10.9 Å². The SMILES string of the molecule is Cc1cccc(NC(=O)c2cc(Br)cc(N)c2C)n1. The number of hydrogen-bond donors (Lipinski definition) is 2. The van der Waals surface area contributed by atoms with Gasteiger partial charge in [0.15, 0.2) is 0 Å². The molecule has 5 heteroatoms. The Morgan fingerprint density at radius 2 is 2.05 bits per heavy atom. The van der Waals surface area contributed by atoms with Crippen molar-refractivity contribution >= 4 is 33.3 Å². The molecule has 4 nitrogen and oxygen atoms in total. The van der Waals surface area contributed by atoms with Gasteiger partial charge in [0.05, 0.1) is 0 Å². The van der Waals surface area contributed by atoms with Crippen molar-refractivity contribution < 1.29 is 4.79 Å². The van der Waals surface area contributed by atoms with Crippen molar-refractivity contribution in [1.29, 1.82) is 0 Å². The van der Waals surface area contributed by atoms with Crippen molar-refractivity contribution in [2.45, 2.75) is 13.8 Å². The van der Waals surface area contributed by atoms with E-state index in [2.05, 4.69) is 26.2 Å². The Hall–Kier alpha value is -1.88. The lowest BCUT2D eigenvalue weighted by molar-refractivity contribution is 0.102. The molecule has 0 unspecified atom stereocenters. The summed E-state index contributed by atoms with van der Waals surface area (Å²) in [4.78, 5) is 16.5. The van der Waals surface area contributed by atoms with E-state index in [-0.39, 0.29) is 5.91 Å². The van der Waals surface area contributed by atoms with E-state index < -0.39 is 0 Å². The van der Waals surface area contributed by atoms with Crippen LogP contribution in [0.15, 0.2) is 34.8 Å². The summed E-state index contributed by atoms with van der Waals surface area (Å²) in [5.74, 6) is 0.312. The minimum atomic E-state index is -0.219. The second-order valence-corrected chi connectivity index (χ2v) is 5.20. The maximum absolute atomic E-state index is 12.2. The average Bonchev–Trinajstić information content (AvgIpc) is 2.33. The number of carbonyl (C=O) groups excluding carboxylic acids is 1. The molecule has 0 atom stereocenters. The largest absolute Gasteiger partial charge is 0.398 e. The van der Waals surface area contributed by atoms with E-state index >= 15 is 0 Å². The van der Waals surface area contributed by atoms with Crippen LogP contribution in [0.25, 0.3) is 0 Å². The lowest BCUT2D eigenvalue weighted by Crippen LogP contribution is -2.15. The average molecular weight is 320 g/mol. The summed E-state index contributed by atoms with van der Waals surface area (Å²) >= 11 is 3.34. The molecule has 0 aliphatic carbocycles. The molecule has 0 bridgehead atoms. The van der Waals surface area contributed by atoms with Gasteiger partial charge in [0, 0.05) is 21.4 Å². The summed E-state index contributed by atoms with van der Waals surface area (Å²) in [6.07, 6.45) is 0. The first-order valence-electron chi connectivity index (χ1n) is 5.78. The van der Waals surface area contributed by atoms with Gasteiger partial charge in [0.1, 0.15) is 5.82 Å². The fraction of sp³-hybridized carbons (Fsp3) is 0.143. The number of pyridine rings is 1. The van der Waals surface area contributed by atoms with E-state index in [4.69, 9.17) is 5.73 Å². The van der Waals surface area contributed by atoms with Gasteiger partial charge in [-0.3, -0.25) is 4.79 Å². The number of benzene rings is 1. The number of rotatable bonds is 2. The number of carbonyl (C=O) groups is 1. The van der Waals surface area contributed by atoms with Gasteiger partial charge in [-0.05, 0) is 43.7 Å². The number of amides is 1. The van der Waals surface area contributed by atoms with Crippen LogP contribution in [0.1, 0.15) is 21.6 Å². The molecule has 0 spiro atoms. The van der Waals surface area contributed by atoms with Gasteiger partial charge in [0.25, 0.3) is 5.91 Å². The van der Waals surface area contributed by atoms with Crippen molar-refractivity contribution in [1.82, 2.24) is 4.98 Å². The van der Waals surface area contributed by atoms with Gasteiger partial charge < -0.3 is 11.1 Å². The molecule has 1 heterocycles. The lowest BCUT2D eigenvalue weighted by atomic mass is 10.1. The maximum Gasteiger partial charge on any atom is 0.257 e. The number of nitrogen functional groups attached to an aromatic ring is 1. The summed E-state index contributed by atoms with van der Waals surface area (Å²) in [6, 6.07) is 8.99. The number of hydrogen-bond acceptors (Lipinski definition) is 3. The predicted octanol–water partition coefficient (Wildman–Crippen LogP) is 3.30. The lowest BCUT2D eigenvalue weighted by Gasteiger charge is -2.10. The first-order valence-corrected chi connectivity index (χ1v) is 6.57. The van der Waals surface area contributed by atoms with Gasteiger partial charge in [-0.25, -0.2) is 4.98 Å².